The van der Waals surface area contributed by atoms with Crippen molar-refractivity contribution in [3.05, 3.63) is 45.1 Å². The maximum atomic E-state index is 13.1. The third kappa shape index (κ3) is 3.72. The number of hydrogen-bond acceptors (Lipinski definition) is 6. The number of piperidine rings is 1. The van der Waals surface area contributed by atoms with Gasteiger partial charge in [0, 0.05) is 23.5 Å². The summed E-state index contributed by atoms with van der Waals surface area (Å²) in [5, 5.41) is 2.14. The Morgan fingerprint density at radius 3 is 2.53 bits per heavy atom. The third-order valence-electron chi connectivity index (χ3n) is 6.16. The summed E-state index contributed by atoms with van der Waals surface area (Å²) in [5.41, 5.74) is 2.31. The first-order valence-corrected chi connectivity index (χ1v) is 11.1. The summed E-state index contributed by atoms with van der Waals surface area (Å²) in [6.07, 6.45) is 2.74. The highest BCUT2D eigenvalue weighted by atomic mass is 32.1. The Bertz CT molecular complexity index is 958. The average molecular weight is 430 g/mol. The third-order valence-corrected chi connectivity index (χ3v) is 7.31. The number of fused-ring (bicyclic) bond motifs is 2. The zero-order chi connectivity index (χ0) is 21.3. The Labute approximate surface area is 180 Å². The first-order chi connectivity index (χ1) is 14.5. The van der Waals surface area contributed by atoms with E-state index >= 15 is 0 Å². The molecule has 0 unspecified atom stereocenters. The van der Waals surface area contributed by atoms with Gasteiger partial charge >= 0.3 is 0 Å². The van der Waals surface area contributed by atoms with Crippen LogP contribution >= 0.6 is 11.3 Å². The molecule has 3 heterocycles. The van der Waals surface area contributed by atoms with Crippen LogP contribution in [-0.4, -0.2) is 50.5 Å². The maximum Gasteiger partial charge on any atom is 0.227 e. The van der Waals surface area contributed by atoms with Crippen molar-refractivity contribution in [1.29, 1.82) is 0 Å². The van der Waals surface area contributed by atoms with Gasteiger partial charge in [0.2, 0.25) is 5.91 Å². The summed E-state index contributed by atoms with van der Waals surface area (Å²) >= 11 is 1.76. The predicted octanol–water partition coefficient (Wildman–Crippen LogP) is 3.60. The Morgan fingerprint density at radius 2 is 1.87 bits per heavy atom. The normalized spacial score (nSPS) is 17.5. The molecule has 4 rings (SSSR count). The van der Waals surface area contributed by atoms with Gasteiger partial charge in [0.1, 0.15) is 5.60 Å². The molecule has 0 bridgehead atoms. The molecule has 6 nitrogen and oxygen atoms in total. The van der Waals surface area contributed by atoms with Crippen LogP contribution in [0, 0.1) is 0 Å². The van der Waals surface area contributed by atoms with Gasteiger partial charge in [-0.15, -0.1) is 11.3 Å². The first-order valence-electron chi connectivity index (χ1n) is 10.2. The number of nitrogens with zero attached hydrogens (tertiary/aromatic N) is 1. The van der Waals surface area contributed by atoms with E-state index in [4.69, 9.17) is 14.2 Å². The van der Waals surface area contributed by atoms with E-state index in [1.54, 1.807) is 30.6 Å². The molecule has 2 aromatic rings. The van der Waals surface area contributed by atoms with Crippen molar-refractivity contribution in [3.8, 4) is 11.5 Å². The second-order valence-corrected chi connectivity index (χ2v) is 8.76. The van der Waals surface area contributed by atoms with Crippen LogP contribution in [-0.2, 0) is 28.0 Å². The number of carbonyl (C=O) groups is 2. The van der Waals surface area contributed by atoms with E-state index < -0.39 is 0 Å². The molecule has 160 valence electrons. The number of hydrogen-bond donors (Lipinski definition) is 0. The minimum atomic E-state index is -0.244. The molecule has 0 aliphatic carbocycles. The largest absolute Gasteiger partial charge is 0.493 e. The van der Waals surface area contributed by atoms with Crippen LogP contribution in [0.3, 0.4) is 0 Å². The Morgan fingerprint density at radius 1 is 1.17 bits per heavy atom. The summed E-state index contributed by atoms with van der Waals surface area (Å²) in [6.45, 7) is 3.54. The Balaban J connectivity index is 1.49. The van der Waals surface area contributed by atoms with Crippen molar-refractivity contribution in [2.24, 2.45) is 0 Å². The van der Waals surface area contributed by atoms with Gasteiger partial charge in [0.25, 0.3) is 0 Å². The van der Waals surface area contributed by atoms with Crippen molar-refractivity contribution in [1.82, 2.24) is 4.90 Å². The summed E-state index contributed by atoms with van der Waals surface area (Å²) in [6, 6.07) is 5.59. The summed E-state index contributed by atoms with van der Waals surface area (Å²) in [7, 11) is 3.08. The molecule has 1 spiro atoms. The van der Waals surface area contributed by atoms with Crippen molar-refractivity contribution in [2.45, 2.75) is 38.2 Å². The van der Waals surface area contributed by atoms with Crippen LogP contribution in [0.2, 0.25) is 0 Å². The van der Waals surface area contributed by atoms with E-state index in [0.717, 1.165) is 25.9 Å². The molecule has 1 fully saturated rings. The van der Waals surface area contributed by atoms with Crippen LogP contribution in [0.15, 0.2) is 23.6 Å². The summed E-state index contributed by atoms with van der Waals surface area (Å²) in [5.74, 6) is 0.919. The minimum absolute atomic E-state index is 0.0155. The van der Waals surface area contributed by atoms with E-state index in [9.17, 15) is 9.59 Å². The molecule has 2 aliphatic heterocycles. The fourth-order valence-electron chi connectivity index (χ4n) is 4.51. The lowest BCUT2D eigenvalue weighted by Gasteiger charge is -2.43. The van der Waals surface area contributed by atoms with Crippen molar-refractivity contribution in [2.75, 3.05) is 33.9 Å². The second-order valence-electron chi connectivity index (χ2n) is 7.85. The number of ether oxygens (including phenoxy) is 3. The highest BCUT2D eigenvalue weighted by Crippen LogP contribution is 2.44. The minimum Gasteiger partial charge on any atom is -0.493 e. The van der Waals surface area contributed by atoms with Gasteiger partial charge in [-0.05, 0) is 60.9 Å². The number of methoxy groups -OCH3 is 2. The van der Waals surface area contributed by atoms with E-state index in [0.29, 0.717) is 35.7 Å². The molecule has 30 heavy (non-hydrogen) atoms. The van der Waals surface area contributed by atoms with Crippen molar-refractivity contribution < 1.29 is 23.8 Å². The van der Waals surface area contributed by atoms with E-state index in [1.165, 1.54) is 24.5 Å². The van der Waals surface area contributed by atoms with Gasteiger partial charge < -0.3 is 19.1 Å². The number of ketones is 1. The molecule has 0 atom stereocenters. The van der Waals surface area contributed by atoms with Gasteiger partial charge in [0.15, 0.2) is 17.3 Å². The highest BCUT2D eigenvalue weighted by molar-refractivity contribution is 7.10. The van der Waals surface area contributed by atoms with Gasteiger partial charge in [-0.1, -0.05) is 0 Å². The summed E-state index contributed by atoms with van der Waals surface area (Å²) in [4.78, 5) is 28.4. The van der Waals surface area contributed by atoms with Gasteiger partial charge in [-0.2, -0.15) is 0 Å². The lowest BCUT2D eigenvalue weighted by Crippen LogP contribution is -2.48. The van der Waals surface area contributed by atoms with Crippen LogP contribution in [0.5, 0.6) is 11.5 Å². The van der Waals surface area contributed by atoms with E-state index in [2.05, 4.69) is 11.4 Å². The second kappa shape index (κ2) is 8.40. The van der Waals surface area contributed by atoms with E-state index in [1.807, 2.05) is 4.90 Å². The molecule has 2 aliphatic rings. The van der Waals surface area contributed by atoms with Gasteiger partial charge in [-0.3, -0.25) is 9.59 Å². The average Bonchev–Trinajstić information content (AvgIpc) is 3.24. The molecule has 7 heteroatoms. The standard InChI is InChI=1S/C23H27NO5S/c1-15(25)18-14-20(28-3)19(27-2)12-17(18)13-21(26)24-8-6-23(7-9-24)22-16(4-10-29-23)5-11-30-22/h5,11-12,14H,4,6-10,13H2,1-3H3. The lowest BCUT2D eigenvalue weighted by molar-refractivity contribution is -0.139. The Kier molecular flexibility index (Phi) is 5.84. The molecule has 1 amide bonds. The molecular formula is C23H27NO5S. The van der Waals surface area contributed by atoms with E-state index in [-0.39, 0.29) is 23.7 Å². The topological polar surface area (TPSA) is 65.1 Å². The fourth-order valence-corrected chi connectivity index (χ4v) is 5.68. The number of likely N-dealkylation sites (tertiary alicyclic amines) is 1. The Hall–Kier alpha value is -2.38. The van der Waals surface area contributed by atoms with Crippen LogP contribution in [0.25, 0.3) is 0 Å². The molecule has 1 aromatic heterocycles. The van der Waals surface area contributed by atoms with Crippen molar-refractivity contribution in [3.63, 3.8) is 0 Å². The number of Topliss-reactive ketones (excluding diaryl/α,β-unsaturated/α-hetero) is 1. The number of rotatable bonds is 5. The van der Waals surface area contributed by atoms with Crippen molar-refractivity contribution >= 4 is 23.0 Å². The number of amides is 1. The number of benzene rings is 1. The van der Waals surface area contributed by atoms with Crippen LogP contribution in [0.4, 0.5) is 0 Å². The molecule has 1 aromatic carbocycles. The number of thiophene rings is 1. The van der Waals surface area contributed by atoms with Crippen LogP contribution < -0.4 is 9.47 Å². The zero-order valence-electron chi connectivity index (χ0n) is 17.7. The number of carbonyl (C=O) groups excluding carboxylic acids is 2. The quantitative estimate of drug-likeness (QED) is 0.680. The SMILES string of the molecule is COc1cc(CC(=O)N2CCC3(CC2)OCCc2ccsc23)c(C(C)=O)cc1OC. The maximum absolute atomic E-state index is 13.1. The molecular weight excluding hydrogens is 402 g/mol. The van der Waals surface area contributed by atoms with Gasteiger partial charge in [-0.25, -0.2) is 0 Å². The van der Waals surface area contributed by atoms with Crippen LogP contribution in [0.1, 0.15) is 46.1 Å². The molecule has 1 saturated heterocycles. The lowest BCUT2D eigenvalue weighted by atomic mass is 9.85. The predicted molar refractivity (Wildman–Crippen MR) is 115 cm³/mol. The highest BCUT2D eigenvalue weighted by Gasteiger charge is 2.42. The molecule has 0 N–H and O–H groups in total. The molecule has 0 saturated carbocycles. The molecule has 0 radical (unpaired) electrons. The fraction of sp³-hybridized carbons (Fsp3) is 0.478. The zero-order valence-corrected chi connectivity index (χ0v) is 18.5. The monoisotopic (exact) mass is 429 g/mol. The summed E-state index contributed by atoms with van der Waals surface area (Å²) < 4.78 is 16.9. The smallest absolute Gasteiger partial charge is 0.227 e. The van der Waals surface area contributed by atoms with Gasteiger partial charge in [0.05, 0.1) is 27.2 Å². The first kappa shape index (κ1) is 20.9.